The number of nitrogens with zero attached hydrogens (tertiary/aromatic N) is 4. The molecular formula is C10H17N5O. The molecule has 0 saturated heterocycles. The normalized spacial score (nSPS) is 14.9. The summed E-state index contributed by atoms with van der Waals surface area (Å²) in [5.41, 5.74) is 0. The van der Waals surface area contributed by atoms with Crippen molar-refractivity contribution in [1.82, 2.24) is 25.0 Å². The maximum Gasteiger partial charge on any atom is 0.223 e. The van der Waals surface area contributed by atoms with Gasteiger partial charge in [-0.3, -0.25) is 4.79 Å². The van der Waals surface area contributed by atoms with Gasteiger partial charge >= 0.3 is 0 Å². The molecule has 0 bridgehead atoms. The van der Waals surface area contributed by atoms with Crippen LogP contribution in [0.4, 0.5) is 0 Å². The minimum Gasteiger partial charge on any atom is -0.333 e. The van der Waals surface area contributed by atoms with Crippen LogP contribution in [-0.4, -0.2) is 45.7 Å². The van der Waals surface area contributed by atoms with E-state index in [4.69, 9.17) is 0 Å². The number of nitrogens with one attached hydrogen (secondary N) is 1. The van der Waals surface area contributed by atoms with Crippen LogP contribution in [-0.2, 0) is 17.9 Å². The molecule has 2 rings (SSSR count). The van der Waals surface area contributed by atoms with Crippen LogP contribution in [0.3, 0.4) is 0 Å². The van der Waals surface area contributed by atoms with Crippen LogP contribution in [0.25, 0.3) is 0 Å². The highest BCUT2D eigenvalue weighted by Crippen LogP contribution is 2.10. The van der Waals surface area contributed by atoms with E-state index in [1.807, 2.05) is 16.5 Å². The first-order valence-corrected chi connectivity index (χ1v) is 5.60. The van der Waals surface area contributed by atoms with Gasteiger partial charge in [-0.15, -0.1) is 10.2 Å². The van der Waals surface area contributed by atoms with Gasteiger partial charge in [0.05, 0.1) is 6.54 Å². The number of aromatic nitrogens is 3. The summed E-state index contributed by atoms with van der Waals surface area (Å²) in [6, 6.07) is 0. The van der Waals surface area contributed by atoms with E-state index in [0.29, 0.717) is 13.0 Å². The Kier molecular flexibility index (Phi) is 3.51. The second-order valence-electron chi connectivity index (χ2n) is 3.96. The fourth-order valence-electron chi connectivity index (χ4n) is 1.85. The van der Waals surface area contributed by atoms with Crippen LogP contribution in [0.15, 0.2) is 6.33 Å². The third-order valence-electron chi connectivity index (χ3n) is 2.81. The quantitative estimate of drug-likeness (QED) is 0.707. The molecule has 2 heterocycles. The second-order valence-corrected chi connectivity index (χ2v) is 3.96. The second kappa shape index (κ2) is 5.07. The highest BCUT2D eigenvalue weighted by atomic mass is 16.2. The van der Waals surface area contributed by atoms with Gasteiger partial charge in [0.2, 0.25) is 5.91 Å². The molecule has 1 amide bonds. The van der Waals surface area contributed by atoms with Crippen LogP contribution in [0.2, 0.25) is 0 Å². The molecule has 1 aromatic rings. The minimum absolute atomic E-state index is 0.213. The van der Waals surface area contributed by atoms with Crippen molar-refractivity contribution >= 4 is 5.91 Å². The largest absolute Gasteiger partial charge is 0.333 e. The minimum atomic E-state index is 0.213. The van der Waals surface area contributed by atoms with E-state index in [9.17, 15) is 4.79 Å². The number of hydrogen-bond acceptors (Lipinski definition) is 4. The Morgan fingerprint density at radius 2 is 2.44 bits per heavy atom. The van der Waals surface area contributed by atoms with Crippen molar-refractivity contribution in [3.05, 3.63) is 12.2 Å². The summed E-state index contributed by atoms with van der Waals surface area (Å²) in [6.07, 6.45) is 3.21. The zero-order valence-corrected chi connectivity index (χ0v) is 9.52. The monoisotopic (exact) mass is 223 g/mol. The molecule has 1 aliphatic rings. The van der Waals surface area contributed by atoms with E-state index in [-0.39, 0.29) is 5.91 Å². The van der Waals surface area contributed by atoms with Crippen LogP contribution in [0.1, 0.15) is 18.7 Å². The third kappa shape index (κ3) is 2.38. The number of hydrogen-bond donors (Lipinski definition) is 1. The van der Waals surface area contributed by atoms with Gasteiger partial charge in [0.1, 0.15) is 6.33 Å². The van der Waals surface area contributed by atoms with Gasteiger partial charge in [-0.1, -0.05) is 0 Å². The van der Waals surface area contributed by atoms with Gasteiger partial charge in [0, 0.05) is 19.5 Å². The molecule has 0 aromatic carbocycles. The lowest BCUT2D eigenvalue weighted by atomic mass is 10.2. The first kappa shape index (κ1) is 11.1. The van der Waals surface area contributed by atoms with Gasteiger partial charge in [0.15, 0.2) is 5.82 Å². The molecule has 0 aliphatic carbocycles. The van der Waals surface area contributed by atoms with E-state index in [1.54, 1.807) is 6.33 Å². The summed E-state index contributed by atoms with van der Waals surface area (Å²) < 4.78 is 2.00. The lowest BCUT2D eigenvalue weighted by Gasteiger charge is -2.27. The zero-order chi connectivity index (χ0) is 11.4. The van der Waals surface area contributed by atoms with Crippen LogP contribution >= 0.6 is 0 Å². The Morgan fingerprint density at radius 1 is 1.56 bits per heavy atom. The summed E-state index contributed by atoms with van der Waals surface area (Å²) >= 11 is 0. The highest BCUT2D eigenvalue weighted by molar-refractivity contribution is 5.76. The van der Waals surface area contributed by atoms with Gasteiger partial charge in [0.25, 0.3) is 0 Å². The summed E-state index contributed by atoms with van der Waals surface area (Å²) in [7, 11) is 1.90. The summed E-state index contributed by atoms with van der Waals surface area (Å²) in [4.78, 5) is 13.7. The molecule has 0 fully saturated rings. The third-order valence-corrected chi connectivity index (χ3v) is 2.81. The standard InChI is InChI=1S/C10H17N5O/c1-11-4-2-3-10(16)14-5-6-15-8-12-13-9(15)7-14/h8,11H,2-7H2,1H3. The molecule has 0 unspecified atom stereocenters. The van der Waals surface area contributed by atoms with Crippen molar-refractivity contribution in [2.24, 2.45) is 0 Å². The fourth-order valence-corrected chi connectivity index (χ4v) is 1.85. The Labute approximate surface area is 94.6 Å². The van der Waals surface area contributed by atoms with E-state index in [2.05, 4.69) is 15.5 Å². The van der Waals surface area contributed by atoms with Crippen molar-refractivity contribution in [3.63, 3.8) is 0 Å². The van der Waals surface area contributed by atoms with Crippen LogP contribution < -0.4 is 5.32 Å². The van der Waals surface area contributed by atoms with Crippen molar-refractivity contribution in [2.75, 3.05) is 20.1 Å². The maximum atomic E-state index is 11.8. The van der Waals surface area contributed by atoms with Crippen LogP contribution in [0, 0.1) is 0 Å². The average molecular weight is 223 g/mol. The molecule has 6 nitrogen and oxygen atoms in total. The van der Waals surface area contributed by atoms with Crippen molar-refractivity contribution < 1.29 is 4.79 Å². The lowest BCUT2D eigenvalue weighted by Crippen LogP contribution is -2.38. The molecule has 1 aromatic heterocycles. The molecule has 88 valence electrons. The first-order chi connectivity index (χ1) is 7.81. The smallest absolute Gasteiger partial charge is 0.223 e. The summed E-state index contributed by atoms with van der Waals surface area (Å²) in [5.74, 6) is 1.10. The van der Waals surface area contributed by atoms with Gasteiger partial charge < -0.3 is 14.8 Å². The molecular weight excluding hydrogens is 206 g/mol. The Hall–Kier alpha value is -1.43. The first-order valence-electron chi connectivity index (χ1n) is 5.60. The van der Waals surface area contributed by atoms with E-state index >= 15 is 0 Å². The van der Waals surface area contributed by atoms with E-state index < -0.39 is 0 Å². The van der Waals surface area contributed by atoms with Crippen molar-refractivity contribution in [1.29, 1.82) is 0 Å². The highest BCUT2D eigenvalue weighted by Gasteiger charge is 2.20. The lowest BCUT2D eigenvalue weighted by molar-refractivity contribution is -0.132. The fraction of sp³-hybridized carbons (Fsp3) is 0.700. The van der Waals surface area contributed by atoms with Crippen LogP contribution in [0.5, 0.6) is 0 Å². The summed E-state index contributed by atoms with van der Waals surface area (Å²) in [5, 5.41) is 10.9. The number of amides is 1. The number of carbonyl (C=O) groups excluding carboxylic acids is 1. The predicted molar refractivity (Wildman–Crippen MR) is 58.6 cm³/mol. The Balaban J connectivity index is 1.86. The SMILES string of the molecule is CNCCCC(=O)N1CCn2cnnc2C1. The van der Waals surface area contributed by atoms with Crippen molar-refractivity contribution in [3.8, 4) is 0 Å². The van der Waals surface area contributed by atoms with E-state index in [0.717, 1.165) is 31.9 Å². The van der Waals surface area contributed by atoms with Crippen molar-refractivity contribution in [2.45, 2.75) is 25.9 Å². The average Bonchev–Trinajstić information content (AvgIpc) is 2.76. The van der Waals surface area contributed by atoms with E-state index in [1.165, 1.54) is 0 Å². The van der Waals surface area contributed by atoms with Gasteiger partial charge in [-0.2, -0.15) is 0 Å². The Bertz CT molecular complexity index is 362. The molecule has 0 atom stereocenters. The predicted octanol–water partition coefficient (Wildman–Crippen LogP) is -0.380. The number of rotatable bonds is 4. The number of fused-ring (bicyclic) bond motifs is 1. The number of carbonyl (C=O) groups is 1. The molecule has 1 N–H and O–H groups in total. The molecule has 16 heavy (non-hydrogen) atoms. The molecule has 1 aliphatic heterocycles. The molecule has 6 heteroatoms. The zero-order valence-electron chi connectivity index (χ0n) is 9.52. The summed E-state index contributed by atoms with van der Waals surface area (Å²) in [6.45, 7) is 3.05. The molecule has 0 spiro atoms. The molecule has 0 radical (unpaired) electrons. The topological polar surface area (TPSA) is 63.1 Å². The Morgan fingerprint density at radius 3 is 3.25 bits per heavy atom. The maximum absolute atomic E-state index is 11.8. The van der Waals surface area contributed by atoms with Gasteiger partial charge in [-0.05, 0) is 20.0 Å². The molecule has 0 saturated carbocycles. The van der Waals surface area contributed by atoms with Gasteiger partial charge in [-0.25, -0.2) is 0 Å².